The molecule has 2 aliphatic rings. The van der Waals surface area contributed by atoms with Crippen molar-refractivity contribution in [2.75, 3.05) is 0 Å². The Bertz CT molecular complexity index is 841. The lowest BCUT2D eigenvalue weighted by Crippen LogP contribution is -2.33. The van der Waals surface area contributed by atoms with Crippen LogP contribution < -0.4 is 4.78 Å². The van der Waals surface area contributed by atoms with E-state index < -0.39 is 0 Å². The molecule has 2 aliphatic carbocycles. The average molecular weight is 361 g/mol. The summed E-state index contributed by atoms with van der Waals surface area (Å²) in [7, 11) is 2.36. The highest BCUT2D eigenvalue weighted by molar-refractivity contribution is 7.27. The molecular weight excluding hydrogens is 331 g/mol. The normalized spacial score (nSPS) is 23.6. The van der Waals surface area contributed by atoms with E-state index in [0.29, 0.717) is 0 Å². The van der Waals surface area contributed by atoms with Gasteiger partial charge < -0.3 is 0 Å². The molecule has 0 N–H and O–H groups in total. The van der Waals surface area contributed by atoms with Crippen molar-refractivity contribution in [1.29, 1.82) is 0 Å². The van der Waals surface area contributed by atoms with Crippen LogP contribution in [0.4, 0.5) is 0 Å². The zero-order chi connectivity index (χ0) is 18.5. The minimum Gasteiger partial charge on any atom is -0.151 e. The van der Waals surface area contributed by atoms with Crippen molar-refractivity contribution in [1.82, 2.24) is 0 Å². The molecule has 26 heavy (non-hydrogen) atoms. The Kier molecular flexibility index (Phi) is 4.46. The summed E-state index contributed by atoms with van der Waals surface area (Å²) >= 11 is 1.94. The van der Waals surface area contributed by atoms with Crippen LogP contribution in [-0.2, 0) is 10.8 Å². The molecule has 1 radical (unpaired) electrons. The molecule has 1 aromatic carbocycles. The van der Waals surface area contributed by atoms with Gasteiger partial charge in [-0.25, -0.2) is 0 Å². The van der Waals surface area contributed by atoms with Crippen molar-refractivity contribution >= 4 is 33.5 Å². The van der Waals surface area contributed by atoms with Crippen LogP contribution in [-0.4, -0.2) is 7.28 Å². The Morgan fingerprint density at radius 2 is 1.73 bits per heavy atom. The van der Waals surface area contributed by atoms with Crippen molar-refractivity contribution < 1.29 is 0 Å². The minimum atomic E-state index is 0.286. The van der Waals surface area contributed by atoms with E-state index in [9.17, 15) is 0 Å². The lowest BCUT2D eigenvalue weighted by Gasteiger charge is -2.41. The second-order valence-corrected chi connectivity index (χ2v) is 10.6. The third kappa shape index (κ3) is 3.22. The maximum Gasteiger partial charge on any atom is 0.204 e. The van der Waals surface area contributed by atoms with Crippen LogP contribution in [0.3, 0.4) is 0 Å². The zero-order valence-electron chi connectivity index (χ0n) is 16.9. The van der Waals surface area contributed by atoms with Gasteiger partial charge >= 0.3 is 0 Å². The molecular formula is C24H30BS. The molecule has 2 heteroatoms. The Hall–Kier alpha value is -1.28. The van der Waals surface area contributed by atoms with Gasteiger partial charge in [0.25, 0.3) is 0 Å². The van der Waals surface area contributed by atoms with Crippen molar-refractivity contribution in [2.45, 2.75) is 71.1 Å². The van der Waals surface area contributed by atoms with Crippen LogP contribution in [0.1, 0.15) is 71.4 Å². The predicted molar refractivity (Wildman–Crippen MR) is 118 cm³/mol. The van der Waals surface area contributed by atoms with Gasteiger partial charge in [-0.15, -0.1) is 0 Å². The SMILES string of the molecule is CCC1C=CC([B]c2cc3cc4c(cc3s2)C(C)(C)CCC4(C)C)=CC1. The molecule has 135 valence electrons. The topological polar surface area (TPSA) is 0 Å². The minimum absolute atomic E-state index is 0.286. The molecule has 1 aromatic heterocycles. The quantitative estimate of drug-likeness (QED) is 0.551. The highest BCUT2D eigenvalue weighted by Gasteiger charge is 2.37. The highest BCUT2D eigenvalue weighted by Crippen LogP contribution is 2.47. The first kappa shape index (κ1) is 18.1. The summed E-state index contributed by atoms with van der Waals surface area (Å²) in [6.07, 6.45) is 12.1. The molecule has 1 unspecified atom stereocenters. The lowest BCUT2D eigenvalue weighted by molar-refractivity contribution is 0.332. The van der Waals surface area contributed by atoms with Gasteiger partial charge in [-0.2, -0.15) is 11.3 Å². The predicted octanol–water partition coefficient (Wildman–Crippen LogP) is 6.45. The van der Waals surface area contributed by atoms with Gasteiger partial charge in [0.1, 0.15) is 0 Å². The fraction of sp³-hybridized carbons (Fsp3) is 0.500. The number of hydrogen-bond donors (Lipinski definition) is 0. The van der Waals surface area contributed by atoms with Crippen LogP contribution in [0, 0.1) is 5.92 Å². The third-order valence-electron chi connectivity index (χ3n) is 6.56. The highest BCUT2D eigenvalue weighted by atomic mass is 32.1. The van der Waals surface area contributed by atoms with E-state index in [0.717, 1.165) is 5.92 Å². The molecule has 0 aliphatic heterocycles. The van der Waals surface area contributed by atoms with Gasteiger partial charge in [-0.05, 0) is 81.9 Å². The van der Waals surface area contributed by atoms with Gasteiger partial charge in [0.05, 0.1) is 0 Å². The summed E-state index contributed by atoms with van der Waals surface area (Å²) in [6.45, 7) is 11.9. The Morgan fingerprint density at radius 3 is 2.35 bits per heavy atom. The first-order valence-electron chi connectivity index (χ1n) is 10.1. The summed E-state index contributed by atoms with van der Waals surface area (Å²) in [5.74, 6) is 0.728. The largest absolute Gasteiger partial charge is 0.204 e. The Balaban J connectivity index is 1.68. The second kappa shape index (κ2) is 6.41. The van der Waals surface area contributed by atoms with E-state index in [2.05, 4.69) is 78.3 Å². The molecule has 0 amide bonds. The first-order chi connectivity index (χ1) is 12.3. The Labute approximate surface area is 163 Å². The Morgan fingerprint density at radius 1 is 1.04 bits per heavy atom. The monoisotopic (exact) mass is 361 g/mol. The standard InChI is InChI=1S/C24H30BS/c1-6-16-7-9-18(10-8-16)25-22-14-17-13-19-20(15-21(17)26-22)24(4,5)12-11-23(19,2)3/h7,9-10,13-16H,6,8,11-12H2,1-5H3. The summed E-state index contributed by atoms with van der Waals surface area (Å²) in [5.41, 5.74) is 5.07. The van der Waals surface area contributed by atoms with E-state index in [-0.39, 0.29) is 10.8 Å². The molecule has 1 heterocycles. The fourth-order valence-electron chi connectivity index (χ4n) is 4.45. The van der Waals surface area contributed by atoms with E-state index in [4.69, 9.17) is 0 Å². The molecule has 1 atom stereocenters. The number of fused-ring (bicyclic) bond motifs is 2. The van der Waals surface area contributed by atoms with Gasteiger partial charge in [-0.3, -0.25) is 0 Å². The molecule has 0 bridgehead atoms. The molecule has 4 rings (SSSR count). The second-order valence-electron chi connectivity index (χ2n) is 9.46. The molecule has 0 saturated carbocycles. The number of benzene rings is 1. The van der Waals surface area contributed by atoms with Crippen molar-refractivity contribution in [3.05, 3.63) is 53.0 Å². The molecule has 2 aromatic rings. The fourth-order valence-corrected chi connectivity index (χ4v) is 5.50. The van der Waals surface area contributed by atoms with E-state index in [1.54, 1.807) is 11.1 Å². The first-order valence-corrected chi connectivity index (χ1v) is 10.9. The summed E-state index contributed by atoms with van der Waals surface area (Å²) in [4.78, 5) is 0. The molecule has 0 saturated heterocycles. The maximum absolute atomic E-state index is 2.49. The lowest BCUT2D eigenvalue weighted by atomic mass is 9.63. The van der Waals surface area contributed by atoms with Crippen LogP contribution in [0.5, 0.6) is 0 Å². The average Bonchev–Trinajstić information content (AvgIpc) is 3.00. The van der Waals surface area contributed by atoms with Crippen LogP contribution in [0.15, 0.2) is 41.9 Å². The number of thiophene rings is 1. The third-order valence-corrected chi connectivity index (χ3v) is 7.60. The van der Waals surface area contributed by atoms with E-state index in [1.165, 1.54) is 46.0 Å². The molecule has 0 nitrogen and oxygen atoms in total. The van der Waals surface area contributed by atoms with Crippen LogP contribution in [0.25, 0.3) is 10.1 Å². The van der Waals surface area contributed by atoms with Gasteiger partial charge in [0.2, 0.25) is 7.28 Å². The van der Waals surface area contributed by atoms with Gasteiger partial charge in [-0.1, -0.05) is 58.3 Å². The summed E-state index contributed by atoms with van der Waals surface area (Å²) in [6, 6.07) is 7.36. The summed E-state index contributed by atoms with van der Waals surface area (Å²) < 4.78 is 2.82. The van der Waals surface area contributed by atoms with Gasteiger partial charge in [0.15, 0.2) is 0 Å². The number of hydrogen-bond acceptors (Lipinski definition) is 1. The summed E-state index contributed by atoms with van der Waals surface area (Å²) in [5, 5.41) is 1.41. The maximum atomic E-state index is 2.49. The molecule has 0 spiro atoms. The number of rotatable bonds is 3. The van der Waals surface area contributed by atoms with E-state index >= 15 is 0 Å². The zero-order valence-corrected chi connectivity index (χ0v) is 17.7. The van der Waals surface area contributed by atoms with Crippen LogP contribution in [0.2, 0.25) is 0 Å². The van der Waals surface area contributed by atoms with Gasteiger partial charge in [0, 0.05) is 4.70 Å². The smallest absolute Gasteiger partial charge is 0.151 e. The molecule has 0 fully saturated rings. The van der Waals surface area contributed by atoms with Crippen molar-refractivity contribution in [3.8, 4) is 0 Å². The van der Waals surface area contributed by atoms with Crippen molar-refractivity contribution in [2.24, 2.45) is 5.92 Å². The number of allylic oxidation sites excluding steroid dienone is 4. The van der Waals surface area contributed by atoms with E-state index in [1.807, 2.05) is 11.3 Å². The van der Waals surface area contributed by atoms with Crippen LogP contribution >= 0.6 is 11.3 Å². The van der Waals surface area contributed by atoms with Crippen molar-refractivity contribution in [3.63, 3.8) is 0 Å².